The van der Waals surface area contributed by atoms with Crippen LogP contribution in [0, 0.1) is 0 Å². The highest BCUT2D eigenvalue weighted by Crippen LogP contribution is 1.90. The molecule has 0 radical (unpaired) electrons. The summed E-state index contributed by atoms with van der Waals surface area (Å²) in [4.78, 5) is 10.0. The molecule has 0 aromatic carbocycles. The van der Waals surface area contributed by atoms with Crippen molar-refractivity contribution in [3.05, 3.63) is 0 Å². The number of amides is 2. The van der Waals surface area contributed by atoms with Crippen LogP contribution in [0.15, 0.2) is 5.10 Å². The number of nitrogens with one attached hydrogen (secondary N) is 1. The van der Waals surface area contributed by atoms with Crippen LogP contribution in [0.2, 0.25) is 0 Å². The molecule has 0 aliphatic heterocycles. The van der Waals surface area contributed by atoms with Gasteiger partial charge in [-0.2, -0.15) is 5.10 Å². The summed E-state index contributed by atoms with van der Waals surface area (Å²) in [5.74, 6) is 0. The molecule has 0 rings (SSSR count). The van der Waals surface area contributed by atoms with Gasteiger partial charge in [0.25, 0.3) is 0 Å². The number of nitrogens with zero attached hydrogens (tertiary/aromatic N) is 1. The molecule has 3 N–H and O–H groups in total. The summed E-state index contributed by atoms with van der Waals surface area (Å²) in [5, 5.41) is 3.34. The number of halogens is 1. The molecule has 0 aliphatic carbocycles. The number of hydrogen-bond acceptors (Lipinski definition) is 2. The number of hydrogen-bond donors (Lipinski definition) is 2. The van der Waals surface area contributed by atoms with E-state index < -0.39 is 12.2 Å². The highest BCUT2D eigenvalue weighted by molar-refractivity contribution is 5.87. The molecular formula is C5H10FN3O. The Morgan fingerprint density at radius 2 is 2.30 bits per heavy atom. The largest absolute Gasteiger partial charge is 0.350 e. The van der Waals surface area contributed by atoms with E-state index in [-0.39, 0.29) is 5.71 Å². The molecule has 0 fully saturated rings. The molecule has 0 aromatic rings. The SMILES string of the molecule is C/C(=N\NC(N)=O)C(C)F. The molecule has 4 nitrogen and oxygen atoms in total. The minimum Gasteiger partial charge on any atom is -0.350 e. The zero-order chi connectivity index (χ0) is 8.15. The van der Waals surface area contributed by atoms with Crippen LogP contribution in [0.5, 0.6) is 0 Å². The van der Waals surface area contributed by atoms with Crippen molar-refractivity contribution in [1.82, 2.24) is 5.43 Å². The Morgan fingerprint density at radius 3 is 2.60 bits per heavy atom. The Bertz CT molecular complexity index is 155. The van der Waals surface area contributed by atoms with Gasteiger partial charge in [0.15, 0.2) is 0 Å². The Labute approximate surface area is 58.3 Å². The van der Waals surface area contributed by atoms with Crippen molar-refractivity contribution in [2.75, 3.05) is 0 Å². The fourth-order valence-corrected chi connectivity index (χ4v) is 0.232. The maximum Gasteiger partial charge on any atom is 0.332 e. The van der Waals surface area contributed by atoms with Gasteiger partial charge in [-0.15, -0.1) is 0 Å². The predicted molar refractivity (Wildman–Crippen MR) is 36.4 cm³/mol. The monoisotopic (exact) mass is 147 g/mol. The molecular weight excluding hydrogens is 137 g/mol. The minimum absolute atomic E-state index is 0.193. The van der Waals surface area contributed by atoms with Crippen LogP contribution in [-0.2, 0) is 0 Å². The molecule has 0 bridgehead atoms. The van der Waals surface area contributed by atoms with Crippen LogP contribution in [0.25, 0.3) is 0 Å². The van der Waals surface area contributed by atoms with Crippen molar-refractivity contribution in [2.45, 2.75) is 20.0 Å². The van der Waals surface area contributed by atoms with Gasteiger partial charge in [0.1, 0.15) is 6.17 Å². The number of rotatable bonds is 2. The van der Waals surface area contributed by atoms with E-state index in [0.29, 0.717) is 0 Å². The third kappa shape index (κ3) is 3.82. The average molecular weight is 147 g/mol. The van der Waals surface area contributed by atoms with Crippen molar-refractivity contribution in [3.63, 3.8) is 0 Å². The van der Waals surface area contributed by atoms with Gasteiger partial charge < -0.3 is 5.73 Å². The quantitative estimate of drug-likeness (QED) is 0.430. The lowest BCUT2D eigenvalue weighted by Crippen LogP contribution is -2.26. The van der Waals surface area contributed by atoms with E-state index in [1.54, 1.807) is 0 Å². The summed E-state index contributed by atoms with van der Waals surface area (Å²) in [5.41, 5.74) is 6.77. The van der Waals surface area contributed by atoms with Gasteiger partial charge >= 0.3 is 6.03 Å². The van der Waals surface area contributed by atoms with Crippen LogP contribution in [0.1, 0.15) is 13.8 Å². The first kappa shape index (κ1) is 8.87. The molecule has 0 heterocycles. The molecule has 10 heavy (non-hydrogen) atoms. The van der Waals surface area contributed by atoms with Crippen molar-refractivity contribution in [1.29, 1.82) is 0 Å². The van der Waals surface area contributed by atoms with E-state index in [0.717, 1.165) is 0 Å². The molecule has 0 aromatic heterocycles. The predicted octanol–water partition coefficient (Wildman–Crippen LogP) is 0.389. The lowest BCUT2D eigenvalue weighted by molar-refractivity contribution is 0.249. The standard InChI is InChI=1S/C5H10FN3O/c1-3(6)4(2)8-9-5(7)10/h3H,1-2H3,(H3,7,9,10)/b8-4+. The maximum atomic E-state index is 12.2. The van der Waals surface area contributed by atoms with Gasteiger partial charge in [-0.1, -0.05) is 0 Å². The topological polar surface area (TPSA) is 67.5 Å². The van der Waals surface area contributed by atoms with E-state index in [2.05, 4.69) is 10.8 Å². The number of primary amides is 1. The Kier molecular flexibility index (Phi) is 3.38. The molecule has 0 saturated heterocycles. The molecule has 5 heteroatoms. The Balaban J connectivity index is 3.80. The van der Waals surface area contributed by atoms with Gasteiger partial charge in [-0.25, -0.2) is 14.6 Å². The van der Waals surface area contributed by atoms with E-state index in [1.807, 2.05) is 5.43 Å². The van der Waals surface area contributed by atoms with Crippen LogP contribution in [0.4, 0.5) is 9.18 Å². The first-order chi connectivity index (χ1) is 4.54. The third-order valence-corrected chi connectivity index (χ3v) is 0.918. The number of nitrogens with two attached hydrogens (primary N) is 1. The first-order valence-electron chi connectivity index (χ1n) is 2.77. The number of carbonyl (C=O) groups excluding carboxylic acids is 1. The number of hydrazone groups is 1. The highest BCUT2D eigenvalue weighted by Gasteiger charge is 2.01. The molecule has 0 aliphatic rings. The van der Waals surface area contributed by atoms with Crippen molar-refractivity contribution >= 4 is 11.7 Å². The van der Waals surface area contributed by atoms with Crippen LogP contribution < -0.4 is 11.2 Å². The second-order valence-corrected chi connectivity index (χ2v) is 1.85. The third-order valence-electron chi connectivity index (χ3n) is 0.918. The summed E-state index contributed by atoms with van der Waals surface area (Å²) in [7, 11) is 0. The Hall–Kier alpha value is -1.13. The van der Waals surface area contributed by atoms with Crippen LogP contribution in [-0.4, -0.2) is 17.9 Å². The Morgan fingerprint density at radius 1 is 1.80 bits per heavy atom. The molecule has 0 spiro atoms. The lowest BCUT2D eigenvalue weighted by Gasteiger charge is -1.98. The lowest BCUT2D eigenvalue weighted by atomic mass is 10.3. The second-order valence-electron chi connectivity index (χ2n) is 1.85. The van der Waals surface area contributed by atoms with Crippen molar-refractivity contribution < 1.29 is 9.18 Å². The normalized spacial score (nSPS) is 14.5. The maximum absolute atomic E-state index is 12.2. The zero-order valence-corrected chi connectivity index (χ0v) is 5.89. The number of urea groups is 1. The van der Waals surface area contributed by atoms with Gasteiger partial charge in [0.2, 0.25) is 0 Å². The van der Waals surface area contributed by atoms with Gasteiger partial charge in [-0.05, 0) is 13.8 Å². The summed E-state index contributed by atoms with van der Waals surface area (Å²) in [6, 6.07) is -0.792. The minimum atomic E-state index is -1.16. The molecule has 0 saturated carbocycles. The first-order valence-corrected chi connectivity index (χ1v) is 2.77. The molecule has 1 atom stereocenters. The molecule has 1 unspecified atom stereocenters. The fraction of sp³-hybridized carbons (Fsp3) is 0.600. The zero-order valence-electron chi connectivity index (χ0n) is 5.89. The van der Waals surface area contributed by atoms with Crippen LogP contribution in [0.3, 0.4) is 0 Å². The average Bonchev–Trinajstić information content (AvgIpc) is 1.82. The summed E-state index contributed by atoms with van der Waals surface area (Å²) in [6.45, 7) is 2.78. The van der Waals surface area contributed by atoms with Gasteiger partial charge in [0.05, 0.1) is 5.71 Å². The number of alkyl halides is 1. The second kappa shape index (κ2) is 3.81. The van der Waals surface area contributed by atoms with Gasteiger partial charge in [-0.3, -0.25) is 0 Å². The van der Waals surface area contributed by atoms with E-state index >= 15 is 0 Å². The van der Waals surface area contributed by atoms with Crippen LogP contribution >= 0.6 is 0 Å². The van der Waals surface area contributed by atoms with Crippen molar-refractivity contribution in [3.8, 4) is 0 Å². The summed E-state index contributed by atoms with van der Waals surface area (Å²) >= 11 is 0. The molecule has 2 amide bonds. The summed E-state index contributed by atoms with van der Waals surface area (Å²) < 4.78 is 12.2. The summed E-state index contributed by atoms with van der Waals surface area (Å²) in [6.07, 6.45) is -1.16. The highest BCUT2D eigenvalue weighted by atomic mass is 19.1. The van der Waals surface area contributed by atoms with E-state index in [9.17, 15) is 9.18 Å². The van der Waals surface area contributed by atoms with E-state index in [1.165, 1.54) is 13.8 Å². The number of carbonyl (C=O) groups is 1. The van der Waals surface area contributed by atoms with Gasteiger partial charge in [0, 0.05) is 0 Å². The van der Waals surface area contributed by atoms with E-state index in [4.69, 9.17) is 0 Å². The van der Waals surface area contributed by atoms with Crippen molar-refractivity contribution in [2.24, 2.45) is 10.8 Å². The fourth-order valence-electron chi connectivity index (χ4n) is 0.232. The molecule has 58 valence electrons. The smallest absolute Gasteiger partial charge is 0.332 e.